The molecule has 0 bridgehead atoms. The van der Waals surface area contributed by atoms with Crippen molar-refractivity contribution in [1.82, 2.24) is 9.97 Å². The molecule has 0 spiro atoms. The molecule has 0 aliphatic rings. The van der Waals surface area contributed by atoms with E-state index in [1.807, 2.05) is 26.0 Å². The topological polar surface area (TPSA) is 66.9 Å². The third kappa shape index (κ3) is 4.50. The Bertz CT molecular complexity index is 955. The summed E-state index contributed by atoms with van der Waals surface area (Å²) in [6, 6.07) is 12.5. The molecule has 0 saturated heterocycles. The van der Waals surface area contributed by atoms with Gasteiger partial charge < -0.3 is 10.6 Å². The lowest BCUT2D eigenvalue weighted by molar-refractivity contribution is 0.102. The first-order valence-corrected chi connectivity index (χ1v) is 8.61. The first-order valence-electron chi connectivity index (χ1n) is 7.85. The van der Waals surface area contributed by atoms with Gasteiger partial charge in [-0.3, -0.25) is 4.79 Å². The molecule has 0 unspecified atom stereocenters. The Morgan fingerprint density at radius 3 is 2.35 bits per heavy atom. The SMILES string of the molecule is Cc1cc(C)cc(Nc2nccc(C(=O)Nc3ccc(Cl)c(Cl)c3)n2)c1. The highest BCUT2D eigenvalue weighted by Gasteiger charge is 2.10. The van der Waals surface area contributed by atoms with E-state index >= 15 is 0 Å². The third-order valence-corrected chi connectivity index (χ3v) is 4.28. The molecule has 2 N–H and O–H groups in total. The highest BCUT2D eigenvalue weighted by atomic mass is 35.5. The maximum Gasteiger partial charge on any atom is 0.274 e. The number of nitrogens with zero attached hydrogens (tertiary/aromatic N) is 2. The molecule has 0 radical (unpaired) electrons. The first-order chi connectivity index (χ1) is 12.4. The van der Waals surface area contributed by atoms with Crippen LogP contribution in [0.15, 0.2) is 48.7 Å². The first kappa shape index (κ1) is 18.2. The van der Waals surface area contributed by atoms with Gasteiger partial charge >= 0.3 is 0 Å². The number of nitrogens with one attached hydrogen (secondary N) is 2. The number of carbonyl (C=O) groups is 1. The van der Waals surface area contributed by atoms with Crippen LogP contribution >= 0.6 is 23.2 Å². The van der Waals surface area contributed by atoms with E-state index in [0.717, 1.165) is 16.8 Å². The molecule has 1 heterocycles. The summed E-state index contributed by atoms with van der Waals surface area (Å²) in [7, 11) is 0. The normalized spacial score (nSPS) is 10.5. The monoisotopic (exact) mass is 386 g/mol. The zero-order chi connectivity index (χ0) is 18.7. The van der Waals surface area contributed by atoms with E-state index in [-0.39, 0.29) is 11.6 Å². The van der Waals surface area contributed by atoms with Gasteiger partial charge in [0, 0.05) is 17.6 Å². The Hall–Kier alpha value is -2.63. The van der Waals surface area contributed by atoms with Crippen LogP contribution in [0.2, 0.25) is 10.0 Å². The molecule has 3 rings (SSSR count). The van der Waals surface area contributed by atoms with Crippen LogP contribution in [0.5, 0.6) is 0 Å². The second-order valence-corrected chi connectivity index (χ2v) is 6.66. The summed E-state index contributed by atoms with van der Waals surface area (Å²) in [5.41, 5.74) is 3.89. The van der Waals surface area contributed by atoms with Crippen molar-refractivity contribution in [2.75, 3.05) is 10.6 Å². The van der Waals surface area contributed by atoms with Crippen LogP contribution in [-0.4, -0.2) is 15.9 Å². The number of rotatable bonds is 4. The number of aromatic nitrogens is 2. The summed E-state index contributed by atoms with van der Waals surface area (Å²) in [6.45, 7) is 4.03. The van der Waals surface area contributed by atoms with E-state index < -0.39 is 0 Å². The maximum atomic E-state index is 12.4. The number of halogens is 2. The average molecular weight is 387 g/mol. The van der Waals surface area contributed by atoms with Crippen LogP contribution in [0.1, 0.15) is 21.6 Å². The van der Waals surface area contributed by atoms with Gasteiger partial charge in [-0.1, -0.05) is 29.3 Å². The van der Waals surface area contributed by atoms with E-state index in [9.17, 15) is 4.79 Å². The van der Waals surface area contributed by atoms with Crippen molar-refractivity contribution in [3.63, 3.8) is 0 Å². The molecule has 1 amide bonds. The zero-order valence-electron chi connectivity index (χ0n) is 14.2. The fourth-order valence-corrected chi connectivity index (χ4v) is 2.79. The molecule has 7 heteroatoms. The summed E-state index contributed by atoms with van der Waals surface area (Å²) < 4.78 is 0. The lowest BCUT2D eigenvalue weighted by atomic mass is 10.1. The van der Waals surface area contributed by atoms with E-state index in [0.29, 0.717) is 21.7 Å². The van der Waals surface area contributed by atoms with Crippen LogP contribution in [-0.2, 0) is 0 Å². The second kappa shape index (κ2) is 7.72. The molecule has 1 aromatic heterocycles. The van der Waals surface area contributed by atoms with Crippen molar-refractivity contribution in [1.29, 1.82) is 0 Å². The summed E-state index contributed by atoms with van der Waals surface area (Å²) in [6.07, 6.45) is 1.53. The van der Waals surface area contributed by atoms with Gasteiger partial charge in [-0.2, -0.15) is 0 Å². The summed E-state index contributed by atoms with van der Waals surface area (Å²) >= 11 is 11.8. The molecular formula is C19H16Cl2N4O. The molecule has 0 aliphatic carbocycles. The number of benzene rings is 2. The number of anilines is 3. The fourth-order valence-electron chi connectivity index (χ4n) is 2.49. The average Bonchev–Trinajstić information content (AvgIpc) is 2.57. The predicted octanol–water partition coefficient (Wildman–Crippen LogP) is 5.40. The van der Waals surface area contributed by atoms with Crippen molar-refractivity contribution in [3.8, 4) is 0 Å². The van der Waals surface area contributed by atoms with Crippen LogP contribution in [0, 0.1) is 13.8 Å². The fraction of sp³-hybridized carbons (Fsp3) is 0.105. The Morgan fingerprint density at radius 2 is 1.65 bits per heavy atom. The standard InChI is InChI=1S/C19H16Cl2N4O/c1-11-7-12(2)9-14(8-11)24-19-22-6-5-17(25-19)18(26)23-13-3-4-15(20)16(21)10-13/h3-10H,1-2H3,(H,23,26)(H,22,24,25). The second-order valence-electron chi connectivity index (χ2n) is 5.85. The smallest absolute Gasteiger partial charge is 0.274 e. The van der Waals surface area contributed by atoms with Gasteiger partial charge in [0.25, 0.3) is 5.91 Å². The lowest BCUT2D eigenvalue weighted by Gasteiger charge is -2.09. The Balaban J connectivity index is 1.77. The van der Waals surface area contributed by atoms with Crippen LogP contribution in [0.4, 0.5) is 17.3 Å². The van der Waals surface area contributed by atoms with Gasteiger partial charge in [-0.25, -0.2) is 9.97 Å². The van der Waals surface area contributed by atoms with E-state index in [1.54, 1.807) is 24.3 Å². The number of aryl methyl sites for hydroxylation is 2. The summed E-state index contributed by atoms with van der Waals surface area (Å²) in [4.78, 5) is 20.9. The largest absolute Gasteiger partial charge is 0.324 e. The highest BCUT2D eigenvalue weighted by molar-refractivity contribution is 6.42. The van der Waals surface area contributed by atoms with Crippen molar-refractivity contribution >= 4 is 46.4 Å². The van der Waals surface area contributed by atoms with E-state index in [2.05, 4.69) is 26.7 Å². The predicted molar refractivity (Wildman–Crippen MR) is 106 cm³/mol. The molecule has 26 heavy (non-hydrogen) atoms. The molecule has 0 saturated carbocycles. The molecule has 0 atom stereocenters. The van der Waals surface area contributed by atoms with Gasteiger partial charge in [0.15, 0.2) is 0 Å². The molecule has 5 nitrogen and oxygen atoms in total. The van der Waals surface area contributed by atoms with Gasteiger partial charge in [-0.05, 0) is 61.4 Å². The van der Waals surface area contributed by atoms with Crippen LogP contribution in [0.25, 0.3) is 0 Å². The van der Waals surface area contributed by atoms with Gasteiger partial charge in [0.2, 0.25) is 5.95 Å². The number of hydrogen-bond acceptors (Lipinski definition) is 4. The lowest BCUT2D eigenvalue weighted by Crippen LogP contribution is -2.14. The summed E-state index contributed by atoms with van der Waals surface area (Å²) in [5.74, 6) is -0.0222. The van der Waals surface area contributed by atoms with Gasteiger partial charge in [-0.15, -0.1) is 0 Å². The van der Waals surface area contributed by atoms with E-state index in [1.165, 1.54) is 6.20 Å². The third-order valence-electron chi connectivity index (χ3n) is 3.54. The van der Waals surface area contributed by atoms with Crippen molar-refractivity contribution in [2.24, 2.45) is 0 Å². The molecule has 2 aromatic carbocycles. The Kier molecular flexibility index (Phi) is 5.40. The Labute approximate surface area is 161 Å². The van der Waals surface area contributed by atoms with Gasteiger partial charge in [0.1, 0.15) is 5.69 Å². The van der Waals surface area contributed by atoms with Crippen molar-refractivity contribution < 1.29 is 4.79 Å². The molecule has 3 aromatic rings. The van der Waals surface area contributed by atoms with Crippen molar-refractivity contribution in [2.45, 2.75) is 13.8 Å². The van der Waals surface area contributed by atoms with Gasteiger partial charge in [0.05, 0.1) is 10.0 Å². The Morgan fingerprint density at radius 1 is 0.923 bits per heavy atom. The molecular weight excluding hydrogens is 371 g/mol. The summed E-state index contributed by atoms with van der Waals surface area (Å²) in [5, 5.41) is 6.64. The number of carbonyl (C=O) groups excluding carboxylic acids is 1. The minimum absolute atomic E-state index is 0.234. The molecule has 0 aliphatic heterocycles. The minimum atomic E-state index is -0.366. The molecule has 0 fully saturated rings. The number of amides is 1. The number of hydrogen-bond donors (Lipinski definition) is 2. The quantitative estimate of drug-likeness (QED) is 0.629. The maximum absolute atomic E-state index is 12.4. The van der Waals surface area contributed by atoms with Crippen LogP contribution < -0.4 is 10.6 Å². The minimum Gasteiger partial charge on any atom is -0.324 e. The van der Waals surface area contributed by atoms with Crippen LogP contribution in [0.3, 0.4) is 0 Å². The van der Waals surface area contributed by atoms with E-state index in [4.69, 9.17) is 23.2 Å². The molecule has 132 valence electrons. The van der Waals surface area contributed by atoms with Crippen molar-refractivity contribution in [3.05, 3.63) is 75.5 Å². The highest BCUT2D eigenvalue weighted by Crippen LogP contribution is 2.25. The zero-order valence-corrected chi connectivity index (χ0v) is 15.7.